The van der Waals surface area contributed by atoms with E-state index in [0.29, 0.717) is 19.1 Å². The van der Waals surface area contributed by atoms with Crippen LogP contribution in [0.3, 0.4) is 0 Å². The monoisotopic (exact) mass is 229 g/mol. The molecule has 3 nitrogen and oxygen atoms in total. The van der Waals surface area contributed by atoms with Crippen molar-refractivity contribution in [3.05, 3.63) is 0 Å². The van der Waals surface area contributed by atoms with E-state index in [1.807, 2.05) is 6.92 Å². The Kier molecular flexibility index (Phi) is 9.30. The van der Waals surface area contributed by atoms with Gasteiger partial charge >= 0.3 is 5.97 Å². The van der Waals surface area contributed by atoms with Crippen LogP contribution in [0.25, 0.3) is 0 Å². The summed E-state index contributed by atoms with van der Waals surface area (Å²) >= 11 is 0. The van der Waals surface area contributed by atoms with E-state index in [1.54, 1.807) is 0 Å². The van der Waals surface area contributed by atoms with Crippen LogP contribution in [0, 0.1) is 0 Å². The number of carbonyl (C=O) groups is 1. The van der Waals surface area contributed by atoms with E-state index in [0.717, 1.165) is 13.1 Å². The van der Waals surface area contributed by atoms with Gasteiger partial charge in [0.15, 0.2) is 0 Å². The van der Waals surface area contributed by atoms with E-state index in [9.17, 15) is 4.79 Å². The zero-order chi connectivity index (χ0) is 12.4. The SMILES string of the molecule is CCCCCN(CCC(=O)OCC)C(C)C. The molecule has 0 spiro atoms. The molecular formula is C13H27NO2. The average molecular weight is 229 g/mol. The van der Waals surface area contributed by atoms with Crippen LogP contribution in [0.4, 0.5) is 0 Å². The number of carbonyl (C=O) groups excluding carboxylic acids is 1. The molecule has 0 atom stereocenters. The Morgan fingerprint density at radius 1 is 1.19 bits per heavy atom. The Balaban J connectivity index is 3.80. The van der Waals surface area contributed by atoms with Crippen LogP contribution in [-0.4, -0.2) is 36.6 Å². The molecule has 0 aromatic rings. The summed E-state index contributed by atoms with van der Waals surface area (Å²) in [7, 11) is 0. The average Bonchev–Trinajstić information content (AvgIpc) is 2.23. The number of hydrogen-bond donors (Lipinski definition) is 0. The molecule has 0 unspecified atom stereocenters. The molecule has 0 N–H and O–H groups in total. The van der Waals surface area contributed by atoms with Gasteiger partial charge in [0, 0.05) is 12.6 Å². The van der Waals surface area contributed by atoms with Gasteiger partial charge in [-0.05, 0) is 33.7 Å². The molecular weight excluding hydrogens is 202 g/mol. The van der Waals surface area contributed by atoms with Crippen LogP contribution < -0.4 is 0 Å². The second-order valence-corrected chi connectivity index (χ2v) is 4.39. The fraction of sp³-hybridized carbons (Fsp3) is 0.923. The number of rotatable bonds is 9. The molecule has 0 aliphatic rings. The van der Waals surface area contributed by atoms with Gasteiger partial charge < -0.3 is 9.64 Å². The lowest BCUT2D eigenvalue weighted by Crippen LogP contribution is -2.34. The maximum Gasteiger partial charge on any atom is 0.307 e. The van der Waals surface area contributed by atoms with E-state index in [2.05, 4.69) is 25.7 Å². The predicted octanol–water partition coefficient (Wildman–Crippen LogP) is 2.84. The largest absolute Gasteiger partial charge is 0.466 e. The number of esters is 1. The van der Waals surface area contributed by atoms with Crippen LogP contribution in [0.2, 0.25) is 0 Å². The highest BCUT2D eigenvalue weighted by molar-refractivity contribution is 5.69. The zero-order valence-corrected chi connectivity index (χ0v) is 11.3. The van der Waals surface area contributed by atoms with E-state index in [4.69, 9.17) is 4.74 Å². The quantitative estimate of drug-likeness (QED) is 0.450. The molecule has 16 heavy (non-hydrogen) atoms. The Labute approximate surface area is 100 Å². The highest BCUT2D eigenvalue weighted by Gasteiger charge is 2.11. The molecule has 0 aromatic carbocycles. The summed E-state index contributed by atoms with van der Waals surface area (Å²) in [5.74, 6) is -0.0800. The second kappa shape index (κ2) is 9.64. The zero-order valence-electron chi connectivity index (χ0n) is 11.3. The molecule has 0 aliphatic carbocycles. The maximum atomic E-state index is 11.3. The van der Waals surface area contributed by atoms with Crippen LogP contribution >= 0.6 is 0 Å². The molecule has 0 radical (unpaired) electrons. The molecule has 0 heterocycles. The summed E-state index contributed by atoms with van der Waals surface area (Å²) in [6, 6.07) is 0.506. The van der Waals surface area contributed by atoms with E-state index < -0.39 is 0 Å². The Morgan fingerprint density at radius 3 is 2.38 bits per heavy atom. The van der Waals surface area contributed by atoms with Gasteiger partial charge in [-0.15, -0.1) is 0 Å². The van der Waals surface area contributed by atoms with Gasteiger partial charge in [0.25, 0.3) is 0 Å². The highest BCUT2D eigenvalue weighted by Crippen LogP contribution is 2.04. The van der Waals surface area contributed by atoms with Crippen LogP contribution in [0.1, 0.15) is 53.4 Å². The summed E-state index contributed by atoms with van der Waals surface area (Å²) in [5.41, 5.74) is 0. The maximum absolute atomic E-state index is 11.3. The van der Waals surface area contributed by atoms with Crippen molar-refractivity contribution in [3.63, 3.8) is 0 Å². The lowest BCUT2D eigenvalue weighted by Gasteiger charge is -2.25. The Bertz CT molecular complexity index is 181. The van der Waals surface area contributed by atoms with Crippen molar-refractivity contribution in [3.8, 4) is 0 Å². The molecule has 0 saturated carbocycles. The Morgan fingerprint density at radius 2 is 1.88 bits per heavy atom. The third kappa shape index (κ3) is 7.69. The standard InChI is InChI=1S/C13H27NO2/c1-5-7-8-10-14(12(3)4)11-9-13(15)16-6-2/h12H,5-11H2,1-4H3. The topological polar surface area (TPSA) is 29.5 Å². The normalized spacial score (nSPS) is 11.1. The fourth-order valence-electron chi connectivity index (χ4n) is 1.66. The second-order valence-electron chi connectivity index (χ2n) is 4.39. The van der Waals surface area contributed by atoms with Gasteiger partial charge in [-0.25, -0.2) is 0 Å². The molecule has 0 aromatic heterocycles. The van der Waals surface area contributed by atoms with Gasteiger partial charge in [0.2, 0.25) is 0 Å². The lowest BCUT2D eigenvalue weighted by molar-refractivity contribution is -0.143. The van der Waals surface area contributed by atoms with Gasteiger partial charge in [-0.3, -0.25) is 4.79 Å². The molecule has 0 aliphatic heterocycles. The molecule has 0 rings (SSSR count). The molecule has 0 amide bonds. The minimum atomic E-state index is -0.0800. The number of nitrogens with zero attached hydrogens (tertiary/aromatic N) is 1. The van der Waals surface area contributed by atoms with Crippen LogP contribution in [0.5, 0.6) is 0 Å². The number of ether oxygens (including phenoxy) is 1. The first kappa shape index (κ1) is 15.4. The van der Waals surface area contributed by atoms with Crippen molar-refractivity contribution in [2.45, 2.75) is 59.4 Å². The van der Waals surface area contributed by atoms with Gasteiger partial charge in [0.05, 0.1) is 13.0 Å². The number of unbranched alkanes of at least 4 members (excludes halogenated alkanes) is 2. The van der Waals surface area contributed by atoms with Crippen molar-refractivity contribution in [2.75, 3.05) is 19.7 Å². The summed E-state index contributed by atoms with van der Waals surface area (Å²) < 4.78 is 4.93. The summed E-state index contributed by atoms with van der Waals surface area (Å²) in [6.45, 7) is 10.8. The summed E-state index contributed by atoms with van der Waals surface area (Å²) in [5, 5.41) is 0. The third-order valence-electron chi connectivity index (χ3n) is 2.69. The summed E-state index contributed by atoms with van der Waals surface area (Å²) in [4.78, 5) is 13.6. The molecule has 3 heteroatoms. The van der Waals surface area contributed by atoms with Crippen molar-refractivity contribution in [1.82, 2.24) is 4.90 Å². The van der Waals surface area contributed by atoms with Crippen molar-refractivity contribution >= 4 is 5.97 Å². The predicted molar refractivity (Wildman–Crippen MR) is 67.5 cm³/mol. The van der Waals surface area contributed by atoms with Gasteiger partial charge in [0.1, 0.15) is 0 Å². The van der Waals surface area contributed by atoms with E-state index >= 15 is 0 Å². The number of hydrogen-bond acceptors (Lipinski definition) is 3. The van der Waals surface area contributed by atoms with Crippen molar-refractivity contribution in [2.24, 2.45) is 0 Å². The Hall–Kier alpha value is -0.570. The first-order valence-electron chi connectivity index (χ1n) is 6.51. The molecule has 0 saturated heterocycles. The van der Waals surface area contributed by atoms with Crippen LogP contribution in [-0.2, 0) is 9.53 Å². The molecule has 0 fully saturated rings. The van der Waals surface area contributed by atoms with Crippen molar-refractivity contribution in [1.29, 1.82) is 0 Å². The molecule has 96 valence electrons. The van der Waals surface area contributed by atoms with Crippen LogP contribution in [0.15, 0.2) is 0 Å². The third-order valence-corrected chi connectivity index (χ3v) is 2.69. The first-order chi connectivity index (χ1) is 7.61. The lowest BCUT2D eigenvalue weighted by atomic mass is 10.2. The van der Waals surface area contributed by atoms with E-state index in [-0.39, 0.29) is 5.97 Å². The minimum absolute atomic E-state index is 0.0800. The fourth-order valence-corrected chi connectivity index (χ4v) is 1.66. The van der Waals surface area contributed by atoms with Gasteiger partial charge in [-0.1, -0.05) is 19.8 Å². The summed E-state index contributed by atoms with van der Waals surface area (Å²) in [6.07, 6.45) is 4.24. The van der Waals surface area contributed by atoms with E-state index in [1.165, 1.54) is 19.3 Å². The highest BCUT2D eigenvalue weighted by atomic mass is 16.5. The van der Waals surface area contributed by atoms with Crippen molar-refractivity contribution < 1.29 is 9.53 Å². The smallest absolute Gasteiger partial charge is 0.307 e. The van der Waals surface area contributed by atoms with Gasteiger partial charge in [-0.2, -0.15) is 0 Å². The minimum Gasteiger partial charge on any atom is -0.466 e. The molecule has 0 bridgehead atoms. The first-order valence-corrected chi connectivity index (χ1v) is 6.51.